The first-order valence-corrected chi connectivity index (χ1v) is 10.6. The van der Waals surface area contributed by atoms with Crippen molar-refractivity contribution in [3.63, 3.8) is 0 Å². The van der Waals surface area contributed by atoms with Crippen molar-refractivity contribution in [3.8, 4) is 11.4 Å². The topological polar surface area (TPSA) is 89.4 Å². The van der Waals surface area contributed by atoms with E-state index in [4.69, 9.17) is 4.52 Å². The van der Waals surface area contributed by atoms with Crippen LogP contribution in [0.3, 0.4) is 0 Å². The van der Waals surface area contributed by atoms with Gasteiger partial charge >= 0.3 is 0 Å². The summed E-state index contributed by atoms with van der Waals surface area (Å²) in [5.41, 5.74) is 1.64. The van der Waals surface area contributed by atoms with E-state index in [1.807, 2.05) is 37.3 Å². The summed E-state index contributed by atoms with van der Waals surface area (Å²) in [5.74, 6) is 1.56. The molecule has 29 heavy (non-hydrogen) atoms. The highest BCUT2D eigenvalue weighted by molar-refractivity contribution is 7.20. The van der Waals surface area contributed by atoms with Crippen LogP contribution in [0.25, 0.3) is 16.3 Å². The van der Waals surface area contributed by atoms with Gasteiger partial charge in [0, 0.05) is 36.3 Å². The van der Waals surface area contributed by atoms with Gasteiger partial charge in [0.15, 0.2) is 0 Å². The molecule has 9 heteroatoms. The van der Waals surface area contributed by atoms with E-state index >= 15 is 0 Å². The molecule has 1 fully saturated rings. The van der Waals surface area contributed by atoms with Crippen LogP contribution in [0.2, 0.25) is 0 Å². The summed E-state index contributed by atoms with van der Waals surface area (Å²) < 4.78 is 6.94. The number of anilines is 1. The van der Waals surface area contributed by atoms with Gasteiger partial charge < -0.3 is 9.42 Å². The Bertz CT molecular complexity index is 1190. The van der Waals surface area contributed by atoms with Gasteiger partial charge in [-0.05, 0) is 19.3 Å². The highest BCUT2D eigenvalue weighted by Crippen LogP contribution is 2.32. The number of aryl methyl sites for hydroxylation is 1. The fourth-order valence-corrected chi connectivity index (χ4v) is 4.56. The maximum absolute atomic E-state index is 12.2. The normalized spacial score (nSPS) is 15.3. The zero-order chi connectivity index (χ0) is 19.8. The number of nitrogens with zero attached hydrogens (tertiary/aromatic N) is 6. The third kappa shape index (κ3) is 3.42. The summed E-state index contributed by atoms with van der Waals surface area (Å²) >= 11 is 1.46. The van der Waals surface area contributed by atoms with E-state index in [1.54, 1.807) is 6.07 Å². The Hall–Kier alpha value is -3.07. The van der Waals surface area contributed by atoms with Crippen molar-refractivity contribution < 1.29 is 4.52 Å². The molecule has 1 saturated heterocycles. The summed E-state index contributed by atoms with van der Waals surface area (Å²) in [7, 11) is 0. The summed E-state index contributed by atoms with van der Waals surface area (Å²) in [6.07, 6.45) is 2.53. The van der Waals surface area contributed by atoms with Crippen LogP contribution < -0.4 is 10.5 Å². The van der Waals surface area contributed by atoms with Crippen LogP contribution >= 0.6 is 11.3 Å². The summed E-state index contributed by atoms with van der Waals surface area (Å²) in [5, 5.41) is 9.46. The van der Waals surface area contributed by atoms with Crippen molar-refractivity contribution in [2.75, 3.05) is 18.0 Å². The molecule has 0 saturated carbocycles. The summed E-state index contributed by atoms with van der Waals surface area (Å²) in [6.45, 7) is 3.64. The first-order chi connectivity index (χ1) is 14.2. The first-order valence-electron chi connectivity index (χ1n) is 9.75. The van der Waals surface area contributed by atoms with E-state index < -0.39 is 0 Å². The molecular formula is C20H20N6O2S. The second-order valence-corrected chi connectivity index (χ2v) is 8.04. The van der Waals surface area contributed by atoms with Crippen molar-refractivity contribution in [1.29, 1.82) is 0 Å². The molecule has 0 aliphatic carbocycles. The zero-order valence-corrected chi connectivity index (χ0v) is 16.8. The molecular weight excluding hydrogens is 388 g/mol. The van der Waals surface area contributed by atoms with Gasteiger partial charge in [0.2, 0.25) is 21.8 Å². The van der Waals surface area contributed by atoms with Crippen LogP contribution in [0.1, 0.15) is 37.3 Å². The van der Waals surface area contributed by atoms with Crippen LogP contribution in [0.5, 0.6) is 0 Å². The minimum atomic E-state index is -0.122. The molecule has 0 atom stereocenters. The van der Waals surface area contributed by atoms with Crippen LogP contribution in [0.4, 0.5) is 5.13 Å². The van der Waals surface area contributed by atoms with Gasteiger partial charge in [0.05, 0.1) is 0 Å². The number of aromatic nitrogens is 5. The molecule has 4 aromatic rings. The summed E-state index contributed by atoms with van der Waals surface area (Å²) in [4.78, 5) is 24.2. The predicted octanol–water partition coefficient (Wildman–Crippen LogP) is 3.15. The molecule has 0 bridgehead atoms. The summed E-state index contributed by atoms with van der Waals surface area (Å²) in [6, 6.07) is 11.4. The van der Waals surface area contributed by atoms with E-state index in [9.17, 15) is 4.79 Å². The van der Waals surface area contributed by atoms with Crippen molar-refractivity contribution in [3.05, 3.63) is 58.3 Å². The van der Waals surface area contributed by atoms with E-state index in [0.717, 1.165) is 48.7 Å². The Kier molecular flexibility index (Phi) is 4.59. The van der Waals surface area contributed by atoms with Gasteiger partial charge in [0.1, 0.15) is 0 Å². The second-order valence-electron chi connectivity index (χ2n) is 7.10. The quantitative estimate of drug-likeness (QED) is 0.512. The lowest BCUT2D eigenvalue weighted by Crippen LogP contribution is -2.33. The van der Waals surface area contributed by atoms with E-state index in [-0.39, 0.29) is 11.5 Å². The molecule has 1 aliphatic heterocycles. The Labute approximate surface area is 170 Å². The highest BCUT2D eigenvalue weighted by atomic mass is 32.1. The molecule has 0 radical (unpaired) electrons. The van der Waals surface area contributed by atoms with Crippen LogP contribution in [-0.4, -0.2) is 37.8 Å². The van der Waals surface area contributed by atoms with Gasteiger partial charge in [-0.2, -0.15) is 9.50 Å². The monoisotopic (exact) mass is 408 g/mol. The number of benzene rings is 1. The number of rotatable bonds is 4. The van der Waals surface area contributed by atoms with Gasteiger partial charge in [-0.1, -0.05) is 53.7 Å². The van der Waals surface area contributed by atoms with Crippen molar-refractivity contribution >= 4 is 21.4 Å². The highest BCUT2D eigenvalue weighted by Gasteiger charge is 2.27. The lowest BCUT2D eigenvalue weighted by Gasteiger charge is -2.29. The number of piperidine rings is 1. The molecule has 1 aliphatic rings. The Morgan fingerprint density at radius 1 is 1.17 bits per heavy atom. The molecule has 3 aromatic heterocycles. The maximum Gasteiger partial charge on any atom is 0.275 e. The molecule has 4 heterocycles. The lowest BCUT2D eigenvalue weighted by atomic mass is 9.97. The molecule has 0 unspecified atom stereocenters. The van der Waals surface area contributed by atoms with Gasteiger partial charge in [-0.3, -0.25) is 4.79 Å². The van der Waals surface area contributed by atoms with Gasteiger partial charge in [-0.15, -0.1) is 5.10 Å². The average molecular weight is 408 g/mol. The lowest BCUT2D eigenvalue weighted by molar-refractivity contribution is 0.329. The van der Waals surface area contributed by atoms with Gasteiger partial charge in [0.25, 0.3) is 5.56 Å². The SMILES string of the molecule is CCc1cc(=O)n2nc(N3CCC(c4nc(-c5ccccc5)no4)CC3)sc2n1. The predicted molar refractivity (Wildman–Crippen MR) is 110 cm³/mol. The van der Waals surface area contributed by atoms with E-state index in [1.165, 1.54) is 15.9 Å². The average Bonchev–Trinajstić information content (AvgIpc) is 3.42. The first kappa shape index (κ1) is 18.0. The van der Waals surface area contributed by atoms with Crippen LogP contribution in [0.15, 0.2) is 45.7 Å². The standard InChI is InChI=1S/C20H20N6O2S/c1-2-15-12-16(27)26-19(21-15)29-20(23-26)25-10-8-14(9-11-25)18-22-17(24-28-18)13-6-4-3-5-7-13/h3-7,12,14H,2,8-11H2,1H3. The number of fused-ring (bicyclic) bond motifs is 1. The molecule has 5 rings (SSSR count). The third-order valence-corrected chi connectivity index (χ3v) is 6.21. The van der Waals surface area contributed by atoms with Gasteiger partial charge in [-0.25, -0.2) is 4.98 Å². The molecule has 0 N–H and O–H groups in total. The van der Waals surface area contributed by atoms with Crippen LogP contribution in [0, 0.1) is 0 Å². The number of hydrogen-bond acceptors (Lipinski definition) is 8. The maximum atomic E-state index is 12.2. The molecule has 1 aromatic carbocycles. The smallest absolute Gasteiger partial charge is 0.275 e. The molecule has 148 valence electrons. The minimum absolute atomic E-state index is 0.122. The van der Waals surface area contributed by atoms with E-state index in [2.05, 4.69) is 25.1 Å². The minimum Gasteiger partial charge on any atom is -0.347 e. The molecule has 8 nitrogen and oxygen atoms in total. The molecule has 0 spiro atoms. The fraction of sp³-hybridized carbons (Fsp3) is 0.350. The fourth-order valence-electron chi connectivity index (χ4n) is 3.58. The largest absolute Gasteiger partial charge is 0.347 e. The second kappa shape index (κ2) is 7.40. The Balaban J connectivity index is 1.31. The number of hydrogen-bond donors (Lipinski definition) is 0. The molecule has 0 amide bonds. The zero-order valence-electron chi connectivity index (χ0n) is 16.0. The van der Waals surface area contributed by atoms with Crippen molar-refractivity contribution in [2.45, 2.75) is 32.1 Å². The van der Waals surface area contributed by atoms with E-state index in [0.29, 0.717) is 16.7 Å². The Morgan fingerprint density at radius 3 is 2.72 bits per heavy atom. The van der Waals surface area contributed by atoms with Crippen LogP contribution in [-0.2, 0) is 6.42 Å². The Morgan fingerprint density at radius 2 is 1.97 bits per heavy atom. The van der Waals surface area contributed by atoms with Crippen molar-refractivity contribution in [1.82, 2.24) is 24.7 Å². The third-order valence-electron chi connectivity index (χ3n) is 5.24. The van der Waals surface area contributed by atoms with Crippen molar-refractivity contribution in [2.24, 2.45) is 0 Å².